The lowest BCUT2D eigenvalue weighted by Gasteiger charge is -2.29. The lowest BCUT2D eigenvalue weighted by Crippen LogP contribution is -2.40. The van der Waals surface area contributed by atoms with Crippen molar-refractivity contribution in [2.75, 3.05) is 24.7 Å². The summed E-state index contributed by atoms with van der Waals surface area (Å²) in [7, 11) is 0. The fraction of sp³-hybridized carbons (Fsp3) is 0.857. The zero-order chi connectivity index (χ0) is 13.8. The molecule has 3 rings (SSSR count). The molecule has 2 aliphatic rings. The smallest absolute Gasteiger partial charge is 0.226 e. The first-order chi connectivity index (χ1) is 9.85. The van der Waals surface area contributed by atoms with E-state index >= 15 is 0 Å². The topological polar surface area (TPSA) is 51.4 Å². The fourth-order valence-corrected chi connectivity index (χ4v) is 4.14. The summed E-state index contributed by atoms with van der Waals surface area (Å²) in [5, 5.41) is 4.10. The molecule has 0 spiro atoms. The molecule has 0 radical (unpaired) electrons. The summed E-state index contributed by atoms with van der Waals surface area (Å²) in [4.78, 5) is 6.95. The molecule has 0 amide bonds. The van der Waals surface area contributed by atoms with Crippen LogP contribution >= 0.6 is 11.8 Å². The van der Waals surface area contributed by atoms with Gasteiger partial charge < -0.3 is 9.26 Å². The maximum atomic E-state index is 5.79. The Kier molecular flexibility index (Phi) is 4.96. The van der Waals surface area contributed by atoms with E-state index in [0.29, 0.717) is 12.1 Å². The van der Waals surface area contributed by atoms with E-state index in [4.69, 9.17) is 9.26 Å². The van der Waals surface area contributed by atoms with E-state index < -0.39 is 0 Å². The molecule has 1 aromatic rings. The second-order valence-corrected chi connectivity index (χ2v) is 6.69. The molecule has 5 nitrogen and oxygen atoms in total. The van der Waals surface area contributed by atoms with Crippen molar-refractivity contribution in [2.45, 2.75) is 51.3 Å². The second-order valence-electron chi connectivity index (χ2n) is 5.54. The van der Waals surface area contributed by atoms with Crippen molar-refractivity contribution in [3.05, 3.63) is 11.7 Å². The fourth-order valence-electron chi connectivity index (χ4n) is 2.88. The molecule has 1 aromatic heterocycles. The van der Waals surface area contributed by atoms with Crippen LogP contribution in [-0.2, 0) is 17.7 Å². The summed E-state index contributed by atoms with van der Waals surface area (Å²) in [6.45, 7) is 4.74. The third-order valence-corrected chi connectivity index (χ3v) is 5.19. The van der Waals surface area contributed by atoms with Crippen molar-refractivity contribution >= 4 is 11.8 Å². The summed E-state index contributed by atoms with van der Waals surface area (Å²) in [5.74, 6) is 4.03. The molecule has 0 bridgehead atoms. The third-order valence-electron chi connectivity index (χ3n) is 4.04. The predicted octanol–water partition coefficient (Wildman–Crippen LogP) is 2.12. The van der Waals surface area contributed by atoms with Crippen LogP contribution < -0.4 is 0 Å². The number of aryl methyl sites for hydroxylation is 1. The van der Waals surface area contributed by atoms with Crippen molar-refractivity contribution in [3.8, 4) is 0 Å². The number of rotatable bonds is 6. The Bertz CT molecular complexity index is 414. The number of nitrogens with zero attached hydrogens (tertiary/aromatic N) is 3. The molecule has 0 aromatic carbocycles. The van der Waals surface area contributed by atoms with Crippen LogP contribution in [-0.4, -0.2) is 51.8 Å². The van der Waals surface area contributed by atoms with Gasteiger partial charge in [0.15, 0.2) is 5.82 Å². The largest absolute Gasteiger partial charge is 0.377 e. The molecule has 112 valence electrons. The molecule has 0 aliphatic carbocycles. The summed E-state index contributed by atoms with van der Waals surface area (Å²) in [5.41, 5.74) is 0. The molecule has 0 saturated carbocycles. The van der Waals surface area contributed by atoms with Gasteiger partial charge in [0.05, 0.1) is 12.6 Å². The average molecular weight is 297 g/mol. The van der Waals surface area contributed by atoms with E-state index in [1.165, 1.54) is 30.8 Å². The molecule has 6 heteroatoms. The Balaban J connectivity index is 1.63. The zero-order valence-corrected chi connectivity index (χ0v) is 12.9. The Hall–Kier alpha value is -0.590. The Morgan fingerprint density at radius 1 is 1.40 bits per heavy atom. The van der Waals surface area contributed by atoms with Gasteiger partial charge >= 0.3 is 0 Å². The minimum Gasteiger partial charge on any atom is -0.377 e. The first-order valence-electron chi connectivity index (χ1n) is 7.60. The van der Waals surface area contributed by atoms with Crippen LogP contribution in [0.15, 0.2) is 4.52 Å². The highest BCUT2D eigenvalue weighted by Crippen LogP contribution is 2.25. The standard InChI is InChI=1S/C14H23N3O2S/c1-2-14-15-13(16-19-14)9-17(11-5-7-20-10-11)8-12-4-3-6-18-12/h11-12H,2-10H2,1H3/t11-,12+/m0/s1. The van der Waals surface area contributed by atoms with E-state index in [-0.39, 0.29) is 0 Å². The SMILES string of the molecule is CCc1nc(CN(C[C@H]2CCCO2)[C@H]2CCSC2)no1. The maximum Gasteiger partial charge on any atom is 0.226 e. The number of hydrogen-bond donors (Lipinski definition) is 0. The van der Waals surface area contributed by atoms with Crippen LogP contribution in [0.1, 0.15) is 37.9 Å². The molecule has 0 N–H and O–H groups in total. The lowest BCUT2D eigenvalue weighted by atomic mass is 10.1. The molecular weight excluding hydrogens is 274 g/mol. The van der Waals surface area contributed by atoms with E-state index in [2.05, 4.69) is 15.0 Å². The molecule has 0 unspecified atom stereocenters. The highest BCUT2D eigenvalue weighted by atomic mass is 32.2. The second kappa shape index (κ2) is 6.91. The van der Waals surface area contributed by atoms with Crippen LogP contribution in [0.4, 0.5) is 0 Å². The minimum absolute atomic E-state index is 0.387. The number of aromatic nitrogens is 2. The van der Waals surface area contributed by atoms with Crippen LogP contribution in [0.5, 0.6) is 0 Å². The monoisotopic (exact) mass is 297 g/mol. The van der Waals surface area contributed by atoms with Gasteiger partial charge in [-0.05, 0) is 25.0 Å². The summed E-state index contributed by atoms with van der Waals surface area (Å²) in [6, 6.07) is 0.632. The molecule has 20 heavy (non-hydrogen) atoms. The van der Waals surface area contributed by atoms with Crippen molar-refractivity contribution in [1.29, 1.82) is 0 Å². The van der Waals surface area contributed by atoms with E-state index in [0.717, 1.165) is 37.8 Å². The van der Waals surface area contributed by atoms with Gasteiger partial charge in [-0.15, -0.1) is 0 Å². The minimum atomic E-state index is 0.387. The molecule has 2 aliphatic heterocycles. The average Bonchev–Trinajstić information content (AvgIpc) is 3.21. The highest BCUT2D eigenvalue weighted by molar-refractivity contribution is 7.99. The highest BCUT2D eigenvalue weighted by Gasteiger charge is 2.28. The normalized spacial score (nSPS) is 26.7. The van der Waals surface area contributed by atoms with Crippen LogP contribution in [0.3, 0.4) is 0 Å². The molecular formula is C14H23N3O2S. The molecule has 2 fully saturated rings. The van der Waals surface area contributed by atoms with Gasteiger partial charge in [-0.2, -0.15) is 16.7 Å². The Morgan fingerprint density at radius 2 is 2.35 bits per heavy atom. The van der Waals surface area contributed by atoms with Gasteiger partial charge in [-0.25, -0.2) is 0 Å². The lowest BCUT2D eigenvalue weighted by molar-refractivity contribution is 0.0561. The van der Waals surface area contributed by atoms with Gasteiger partial charge in [0.25, 0.3) is 0 Å². The van der Waals surface area contributed by atoms with Gasteiger partial charge in [0.2, 0.25) is 5.89 Å². The summed E-state index contributed by atoms with van der Waals surface area (Å²) >= 11 is 2.04. The van der Waals surface area contributed by atoms with E-state index in [9.17, 15) is 0 Å². The van der Waals surface area contributed by atoms with Gasteiger partial charge in [0.1, 0.15) is 0 Å². The van der Waals surface area contributed by atoms with Crippen molar-refractivity contribution in [1.82, 2.24) is 15.0 Å². The van der Waals surface area contributed by atoms with Gasteiger partial charge in [-0.3, -0.25) is 4.90 Å². The Labute approximate surface area is 124 Å². The Morgan fingerprint density at radius 3 is 3.00 bits per heavy atom. The number of thioether (sulfide) groups is 1. The number of hydrogen-bond acceptors (Lipinski definition) is 6. The molecule has 2 atom stereocenters. The molecule has 3 heterocycles. The van der Waals surface area contributed by atoms with Crippen molar-refractivity contribution < 1.29 is 9.26 Å². The van der Waals surface area contributed by atoms with Crippen molar-refractivity contribution in [3.63, 3.8) is 0 Å². The maximum absolute atomic E-state index is 5.79. The summed E-state index contributed by atoms with van der Waals surface area (Å²) < 4.78 is 11.0. The predicted molar refractivity (Wildman–Crippen MR) is 78.8 cm³/mol. The summed E-state index contributed by atoms with van der Waals surface area (Å²) in [6.07, 6.45) is 4.83. The molecule has 2 saturated heterocycles. The number of ether oxygens (including phenoxy) is 1. The van der Waals surface area contributed by atoms with Gasteiger partial charge in [-0.1, -0.05) is 12.1 Å². The van der Waals surface area contributed by atoms with E-state index in [1.807, 2.05) is 18.7 Å². The van der Waals surface area contributed by atoms with E-state index in [1.54, 1.807) is 0 Å². The quantitative estimate of drug-likeness (QED) is 0.801. The first-order valence-corrected chi connectivity index (χ1v) is 8.75. The third kappa shape index (κ3) is 3.54. The van der Waals surface area contributed by atoms with Crippen LogP contribution in [0.25, 0.3) is 0 Å². The van der Waals surface area contributed by atoms with Crippen molar-refractivity contribution in [2.24, 2.45) is 0 Å². The van der Waals surface area contributed by atoms with Crippen LogP contribution in [0.2, 0.25) is 0 Å². The van der Waals surface area contributed by atoms with Gasteiger partial charge in [0, 0.05) is 31.4 Å². The zero-order valence-electron chi connectivity index (χ0n) is 12.1. The first kappa shape index (κ1) is 14.4. The van der Waals surface area contributed by atoms with Crippen LogP contribution in [0, 0.1) is 0 Å².